The molecule has 0 atom stereocenters. The summed E-state index contributed by atoms with van der Waals surface area (Å²) in [5, 5.41) is 15.8. The number of nitrogens with zero attached hydrogens (tertiary/aromatic N) is 4. The summed E-state index contributed by atoms with van der Waals surface area (Å²) in [4.78, 5) is 0. The van der Waals surface area contributed by atoms with E-state index in [2.05, 4.69) is 34.7 Å². The molecule has 1 aromatic carbocycles. The lowest BCUT2D eigenvalue weighted by molar-refractivity contribution is 0.485. The fourth-order valence-corrected chi connectivity index (χ4v) is 2.87. The Hall–Kier alpha value is -1.18. The van der Waals surface area contributed by atoms with E-state index in [1.54, 1.807) is 16.8 Å². The van der Waals surface area contributed by atoms with Crippen LogP contribution in [-0.2, 0) is 12.3 Å². The van der Waals surface area contributed by atoms with Gasteiger partial charge in [0.1, 0.15) is 5.82 Å². The van der Waals surface area contributed by atoms with E-state index < -0.39 is 5.82 Å². The Morgan fingerprint density at radius 3 is 3.00 bits per heavy atom. The van der Waals surface area contributed by atoms with Gasteiger partial charge in [0.25, 0.3) is 0 Å². The van der Waals surface area contributed by atoms with Gasteiger partial charge in [-0.05, 0) is 22.1 Å². The summed E-state index contributed by atoms with van der Waals surface area (Å²) in [5.74, 6) is 0.115. The van der Waals surface area contributed by atoms with Gasteiger partial charge in [-0.1, -0.05) is 49.3 Å². The Labute approximate surface area is 132 Å². The Balaban J connectivity index is 1.94. The van der Waals surface area contributed by atoms with Crippen LogP contribution in [0.25, 0.3) is 0 Å². The molecule has 0 fully saturated rings. The number of hydrogen-bond donors (Lipinski definition) is 1. The van der Waals surface area contributed by atoms with Crippen molar-refractivity contribution in [2.24, 2.45) is 0 Å². The molecule has 1 N–H and O–H groups in total. The Morgan fingerprint density at radius 1 is 1.43 bits per heavy atom. The number of hydrogen-bond acceptors (Lipinski definition) is 5. The SMILES string of the molecule is CC(C)NCCn1nnnc1SCc1cccc(F)c1Cl. The van der Waals surface area contributed by atoms with Crippen molar-refractivity contribution >= 4 is 23.4 Å². The molecular formula is C13H17ClFN5S. The molecule has 5 nitrogen and oxygen atoms in total. The molecule has 0 amide bonds. The van der Waals surface area contributed by atoms with Crippen molar-refractivity contribution in [2.45, 2.75) is 37.3 Å². The van der Waals surface area contributed by atoms with Crippen LogP contribution >= 0.6 is 23.4 Å². The van der Waals surface area contributed by atoms with Gasteiger partial charge >= 0.3 is 0 Å². The Kier molecular flexibility index (Phi) is 5.96. The summed E-state index contributed by atoms with van der Waals surface area (Å²) < 4.78 is 15.1. The monoisotopic (exact) mass is 329 g/mol. The zero-order valence-corrected chi connectivity index (χ0v) is 13.5. The molecule has 0 bridgehead atoms. The van der Waals surface area contributed by atoms with Gasteiger partial charge in [0.05, 0.1) is 11.6 Å². The van der Waals surface area contributed by atoms with Crippen molar-refractivity contribution in [2.75, 3.05) is 6.54 Å². The average Bonchev–Trinajstić information content (AvgIpc) is 2.88. The Morgan fingerprint density at radius 2 is 2.24 bits per heavy atom. The van der Waals surface area contributed by atoms with Crippen LogP contribution in [0.4, 0.5) is 4.39 Å². The molecule has 1 aromatic heterocycles. The minimum Gasteiger partial charge on any atom is -0.313 e. The van der Waals surface area contributed by atoms with E-state index in [9.17, 15) is 4.39 Å². The molecular weight excluding hydrogens is 313 g/mol. The normalized spacial score (nSPS) is 11.3. The van der Waals surface area contributed by atoms with Crippen molar-refractivity contribution in [3.8, 4) is 0 Å². The molecule has 0 aliphatic rings. The summed E-state index contributed by atoms with van der Waals surface area (Å²) in [6.45, 7) is 5.64. The second kappa shape index (κ2) is 7.72. The number of thioether (sulfide) groups is 1. The maximum atomic E-state index is 13.4. The maximum Gasteiger partial charge on any atom is 0.209 e. The fraction of sp³-hybridized carbons (Fsp3) is 0.462. The molecule has 0 unspecified atom stereocenters. The quantitative estimate of drug-likeness (QED) is 0.792. The molecule has 1 heterocycles. The minimum absolute atomic E-state index is 0.158. The first kappa shape index (κ1) is 16.2. The van der Waals surface area contributed by atoms with Crippen LogP contribution in [0, 0.1) is 5.82 Å². The third-order valence-electron chi connectivity index (χ3n) is 2.76. The van der Waals surface area contributed by atoms with Crippen LogP contribution in [0.15, 0.2) is 23.4 Å². The number of nitrogens with one attached hydrogen (secondary N) is 1. The molecule has 0 saturated heterocycles. The van der Waals surface area contributed by atoms with Gasteiger partial charge in [-0.25, -0.2) is 9.07 Å². The number of aromatic nitrogens is 4. The van der Waals surface area contributed by atoms with Gasteiger partial charge < -0.3 is 5.32 Å². The van der Waals surface area contributed by atoms with Gasteiger partial charge in [-0.3, -0.25) is 0 Å². The minimum atomic E-state index is -0.407. The summed E-state index contributed by atoms with van der Waals surface area (Å²) in [6, 6.07) is 5.21. The highest BCUT2D eigenvalue weighted by Crippen LogP contribution is 2.26. The highest BCUT2D eigenvalue weighted by atomic mass is 35.5. The molecule has 0 spiro atoms. The average molecular weight is 330 g/mol. The third kappa shape index (κ3) is 4.66. The smallest absolute Gasteiger partial charge is 0.209 e. The summed E-state index contributed by atoms with van der Waals surface area (Å²) in [5.41, 5.74) is 0.733. The first-order valence-corrected chi connectivity index (χ1v) is 7.99. The summed E-state index contributed by atoms with van der Waals surface area (Å²) >= 11 is 7.37. The van der Waals surface area contributed by atoms with E-state index in [1.165, 1.54) is 17.8 Å². The first-order chi connectivity index (χ1) is 10.1. The number of tetrazole rings is 1. The molecule has 0 aliphatic heterocycles. The van der Waals surface area contributed by atoms with E-state index >= 15 is 0 Å². The van der Waals surface area contributed by atoms with Crippen LogP contribution < -0.4 is 5.32 Å². The standard InChI is InChI=1S/C13H17ClFN5S/c1-9(2)16-6-7-20-13(17-18-19-20)21-8-10-4-3-5-11(15)12(10)14/h3-5,9,16H,6-8H2,1-2H3. The van der Waals surface area contributed by atoms with Gasteiger partial charge in [0.2, 0.25) is 5.16 Å². The highest BCUT2D eigenvalue weighted by molar-refractivity contribution is 7.98. The summed E-state index contributed by atoms with van der Waals surface area (Å²) in [7, 11) is 0. The van der Waals surface area contributed by atoms with Crippen molar-refractivity contribution in [3.63, 3.8) is 0 Å². The third-order valence-corrected chi connectivity index (χ3v) is 4.19. The second-order valence-electron chi connectivity index (χ2n) is 4.80. The van der Waals surface area contributed by atoms with Crippen LogP contribution in [0.3, 0.4) is 0 Å². The number of rotatable bonds is 7. The van der Waals surface area contributed by atoms with E-state index in [-0.39, 0.29) is 5.02 Å². The second-order valence-corrected chi connectivity index (χ2v) is 6.12. The highest BCUT2D eigenvalue weighted by Gasteiger charge is 2.10. The Bertz CT molecular complexity index is 590. The molecule has 21 heavy (non-hydrogen) atoms. The van der Waals surface area contributed by atoms with E-state index in [0.29, 0.717) is 23.5 Å². The molecule has 0 aliphatic carbocycles. The molecule has 0 saturated carbocycles. The lowest BCUT2D eigenvalue weighted by Crippen LogP contribution is -2.27. The van der Waals surface area contributed by atoms with E-state index in [4.69, 9.17) is 11.6 Å². The zero-order valence-electron chi connectivity index (χ0n) is 11.9. The topological polar surface area (TPSA) is 55.6 Å². The van der Waals surface area contributed by atoms with Gasteiger partial charge in [-0.2, -0.15) is 0 Å². The van der Waals surface area contributed by atoms with Gasteiger partial charge in [0, 0.05) is 18.3 Å². The fourth-order valence-electron chi connectivity index (χ4n) is 1.70. The van der Waals surface area contributed by atoms with Crippen molar-refractivity contribution < 1.29 is 4.39 Å². The molecule has 2 rings (SSSR count). The zero-order chi connectivity index (χ0) is 15.2. The predicted octanol–water partition coefficient (Wildman–Crippen LogP) is 2.76. The number of benzene rings is 1. The maximum absolute atomic E-state index is 13.4. The van der Waals surface area contributed by atoms with Gasteiger partial charge in [-0.15, -0.1) is 5.10 Å². The molecule has 114 valence electrons. The summed E-state index contributed by atoms with van der Waals surface area (Å²) in [6.07, 6.45) is 0. The largest absolute Gasteiger partial charge is 0.313 e. The number of halogens is 2. The van der Waals surface area contributed by atoms with Crippen LogP contribution in [-0.4, -0.2) is 32.8 Å². The predicted molar refractivity (Wildman–Crippen MR) is 81.9 cm³/mol. The van der Waals surface area contributed by atoms with Crippen molar-refractivity contribution in [1.82, 2.24) is 25.5 Å². The molecule has 2 aromatic rings. The van der Waals surface area contributed by atoms with E-state index in [0.717, 1.165) is 12.1 Å². The van der Waals surface area contributed by atoms with Crippen molar-refractivity contribution in [1.29, 1.82) is 0 Å². The lowest BCUT2D eigenvalue weighted by Gasteiger charge is -2.09. The van der Waals surface area contributed by atoms with Crippen LogP contribution in [0.2, 0.25) is 5.02 Å². The van der Waals surface area contributed by atoms with Crippen molar-refractivity contribution in [3.05, 3.63) is 34.6 Å². The molecule has 0 radical (unpaired) electrons. The van der Waals surface area contributed by atoms with Crippen LogP contribution in [0.1, 0.15) is 19.4 Å². The lowest BCUT2D eigenvalue weighted by atomic mass is 10.2. The van der Waals surface area contributed by atoms with E-state index in [1.807, 2.05) is 0 Å². The van der Waals surface area contributed by atoms with Gasteiger partial charge in [0.15, 0.2) is 0 Å². The van der Waals surface area contributed by atoms with Crippen LogP contribution in [0.5, 0.6) is 0 Å². The molecule has 8 heteroatoms. The first-order valence-electron chi connectivity index (χ1n) is 6.63.